The summed E-state index contributed by atoms with van der Waals surface area (Å²) in [7, 11) is -2.56. The van der Waals surface area contributed by atoms with Crippen LogP contribution >= 0.6 is 0 Å². The van der Waals surface area contributed by atoms with E-state index in [9.17, 15) is 13.2 Å². The van der Waals surface area contributed by atoms with Gasteiger partial charge in [0.1, 0.15) is 0 Å². The van der Waals surface area contributed by atoms with Gasteiger partial charge in [-0.15, -0.1) is 0 Å². The van der Waals surface area contributed by atoms with Crippen LogP contribution in [0, 0.1) is 0 Å². The van der Waals surface area contributed by atoms with Crippen molar-refractivity contribution >= 4 is 16.0 Å². The number of hydrogen-bond donors (Lipinski definition) is 2. The molecular formula is C7H16N2O4S. The van der Waals surface area contributed by atoms with E-state index >= 15 is 0 Å². The predicted molar refractivity (Wildman–Crippen MR) is 53.9 cm³/mol. The van der Waals surface area contributed by atoms with E-state index in [1.807, 2.05) is 0 Å². The number of likely N-dealkylation sites (N-methyl/N-ethyl adjacent to an activating group) is 1. The first-order valence-corrected chi connectivity index (χ1v) is 5.21. The Morgan fingerprint density at radius 2 is 1.93 bits per heavy atom. The summed E-state index contributed by atoms with van der Waals surface area (Å²) >= 11 is 0. The van der Waals surface area contributed by atoms with Crippen molar-refractivity contribution in [2.75, 3.05) is 19.3 Å². The maximum atomic E-state index is 11.1. The van der Waals surface area contributed by atoms with Gasteiger partial charge in [0.2, 0.25) is 5.91 Å². The molecular weight excluding hydrogens is 208 g/mol. The summed E-state index contributed by atoms with van der Waals surface area (Å²) in [6, 6.07) is 0. The molecule has 0 unspecified atom stereocenters. The van der Waals surface area contributed by atoms with Gasteiger partial charge in [-0.25, -0.2) is 0 Å². The van der Waals surface area contributed by atoms with Crippen molar-refractivity contribution < 1.29 is 17.8 Å². The van der Waals surface area contributed by atoms with Crippen LogP contribution in [0.15, 0.2) is 12.2 Å². The first-order chi connectivity index (χ1) is 5.74. The van der Waals surface area contributed by atoms with Gasteiger partial charge in [-0.1, -0.05) is 6.58 Å². The van der Waals surface area contributed by atoms with Gasteiger partial charge in [-0.3, -0.25) is 9.35 Å². The highest BCUT2D eigenvalue weighted by molar-refractivity contribution is 7.85. The van der Waals surface area contributed by atoms with E-state index in [1.54, 1.807) is 0 Å². The molecule has 0 rings (SSSR count). The fraction of sp³-hybridized carbons (Fsp3) is 0.571. The monoisotopic (exact) mass is 224 g/mol. The quantitative estimate of drug-likeness (QED) is 0.518. The van der Waals surface area contributed by atoms with Gasteiger partial charge >= 0.3 is 0 Å². The Morgan fingerprint density at radius 1 is 1.50 bits per heavy atom. The van der Waals surface area contributed by atoms with Gasteiger partial charge < -0.3 is 11.1 Å². The third kappa shape index (κ3) is 6.58. The number of carbonyl (C=O) groups excluding carboxylic acids is 1. The van der Waals surface area contributed by atoms with Gasteiger partial charge in [0, 0.05) is 19.2 Å². The maximum absolute atomic E-state index is 11.1. The smallest absolute Gasteiger partial charge is 0.266 e. The highest BCUT2D eigenvalue weighted by Gasteiger charge is 2.12. The van der Waals surface area contributed by atoms with E-state index in [1.165, 1.54) is 18.9 Å². The minimum absolute atomic E-state index is 0. The van der Waals surface area contributed by atoms with Crippen LogP contribution in [-0.2, 0) is 14.9 Å². The Kier molecular flexibility index (Phi) is 6.37. The molecule has 1 amide bonds. The second-order valence-electron chi connectivity index (χ2n) is 2.79. The van der Waals surface area contributed by atoms with E-state index in [4.69, 9.17) is 4.55 Å². The maximum Gasteiger partial charge on any atom is 0.266 e. The molecule has 0 aromatic carbocycles. The summed E-state index contributed by atoms with van der Waals surface area (Å²) in [5, 5.41) is 0. The molecule has 0 saturated heterocycles. The number of amides is 1. The largest absolute Gasteiger partial charge is 0.344 e. The Morgan fingerprint density at radius 3 is 2.21 bits per heavy atom. The van der Waals surface area contributed by atoms with Crippen LogP contribution in [0.4, 0.5) is 0 Å². The van der Waals surface area contributed by atoms with Gasteiger partial charge in [-0.2, -0.15) is 8.42 Å². The second kappa shape index (κ2) is 5.74. The van der Waals surface area contributed by atoms with Crippen LogP contribution in [-0.4, -0.2) is 43.1 Å². The lowest BCUT2D eigenvalue weighted by molar-refractivity contribution is -0.125. The fourth-order valence-corrected chi connectivity index (χ4v) is 1.18. The zero-order valence-corrected chi connectivity index (χ0v) is 9.17. The molecule has 0 aliphatic carbocycles. The van der Waals surface area contributed by atoms with E-state index in [-0.39, 0.29) is 18.6 Å². The van der Waals surface area contributed by atoms with Crippen molar-refractivity contribution in [3.05, 3.63) is 12.2 Å². The van der Waals surface area contributed by atoms with Crippen LogP contribution in [0.2, 0.25) is 0 Å². The lowest BCUT2D eigenvalue weighted by Gasteiger charge is -2.15. The Hall–Kier alpha value is -0.920. The Labute approximate surface area is 83.9 Å². The van der Waals surface area contributed by atoms with Crippen LogP contribution < -0.4 is 6.15 Å². The number of hydrogen-bond acceptors (Lipinski definition) is 4. The molecule has 0 spiro atoms. The molecule has 0 radical (unpaired) electrons. The number of carbonyl (C=O) groups is 1. The summed E-state index contributed by atoms with van der Waals surface area (Å²) < 4.78 is 29.0. The van der Waals surface area contributed by atoms with Crippen molar-refractivity contribution in [1.29, 1.82) is 0 Å². The molecule has 0 aromatic rings. The topological polar surface area (TPSA) is 110 Å². The Bertz CT molecular complexity index is 310. The summed E-state index contributed by atoms with van der Waals surface area (Å²) in [6.07, 6.45) is 0. The van der Waals surface area contributed by atoms with Crippen LogP contribution in [0.5, 0.6) is 0 Å². The summed E-state index contributed by atoms with van der Waals surface area (Å²) in [4.78, 5) is 12.3. The van der Waals surface area contributed by atoms with E-state index in [2.05, 4.69) is 6.58 Å². The molecule has 14 heavy (non-hydrogen) atoms. The standard InChI is InChI=1S/C7H13NO4S.H3N/c1-6(2)7(9)8(3)4-5-13(10,11)12;/h1,4-5H2,2-3H3,(H,10,11,12);1H3. The molecule has 0 aliphatic heterocycles. The summed E-state index contributed by atoms with van der Waals surface area (Å²) in [6.45, 7) is 4.91. The molecule has 4 N–H and O–H groups in total. The van der Waals surface area contributed by atoms with Crippen molar-refractivity contribution in [3.8, 4) is 0 Å². The predicted octanol–water partition coefficient (Wildman–Crippen LogP) is 0.0707. The molecule has 6 nitrogen and oxygen atoms in total. The van der Waals surface area contributed by atoms with Crippen LogP contribution in [0.25, 0.3) is 0 Å². The molecule has 0 bridgehead atoms. The molecule has 84 valence electrons. The third-order valence-electron chi connectivity index (χ3n) is 1.40. The van der Waals surface area contributed by atoms with Crippen molar-refractivity contribution in [3.63, 3.8) is 0 Å². The minimum Gasteiger partial charge on any atom is -0.344 e. The average Bonchev–Trinajstić information content (AvgIpc) is 1.97. The van der Waals surface area contributed by atoms with E-state index in [0.717, 1.165) is 0 Å². The molecule has 0 saturated carbocycles. The van der Waals surface area contributed by atoms with Crippen molar-refractivity contribution in [2.24, 2.45) is 0 Å². The lowest BCUT2D eigenvalue weighted by atomic mass is 10.3. The molecule has 0 heterocycles. The first-order valence-electron chi connectivity index (χ1n) is 3.60. The highest BCUT2D eigenvalue weighted by atomic mass is 32.2. The summed E-state index contributed by atoms with van der Waals surface area (Å²) in [5.74, 6) is -0.786. The fourth-order valence-electron chi connectivity index (χ4n) is 0.680. The molecule has 0 atom stereocenters. The molecule has 7 heteroatoms. The van der Waals surface area contributed by atoms with Gasteiger partial charge in [0.05, 0.1) is 5.75 Å². The van der Waals surface area contributed by atoms with Gasteiger partial charge in [0.25, 0.3) is 10.1 Å². The van der Waals surface area contributed by atoms with E-state index in [0.29, 0.717) is 5.57 Å². The average molecular weight is 224 g/mol. The lowest BCUT2D eigenvalue weighted by Crippen LogP contribution is -2.31. The molecule has 0 fully saturated rings. The van der Waals surface area contributed by atoms with Gasteiger partial charge in [0.15, 0.2) is 0 Å². The highest BCUT2D eigenvalue weighted by Crippen LogP contribution is 1.96. The zero-order chi connectivity index (χ0) is 10.6. The SMILES string of the molecule is C=C(C)C(=O)N(C)CCS(=O)(=O)O.N. The Balaban J connectivity index is 0. The first kappa shape index (κ1) is 15.5. The van der Waals surface area contributed by atoms with Gasteiger partial charge in [-0.05, 0) is 6.92 Å². The van der Waals surface area contributed by atoms with Crippen molar-refractivity contribution in [1.82, 2.24) is 11.1 Å². The van der Waals surface area contributed by atoms with E-state index < -0.39 is 15.9 Å². The molecule has 0 aromatic heterocycles. The number of rotatable bonds is 4. The van der Waals surface area contributed by atoms with Crippen LogP contribution in [0.1, 0.15) is 6.92 Å². The number of nitrogens with zero attached hydrogens (tertiary/aromatic N) is 1. The van der Waals surface area contributed by atoms with Crippen molar-refractivity contribution in [2.45, 2.75) is 6.92 Å². The third-order valence-corrected chi connectivity index (χ3v) is 2.09. The summed E-state index contributed by atoms with van der Waals surface area (Å²) in [5.41, 5.74) is 0.331. The minimum atomic E-state index is -4.00. The van der Waals surface area contributed by atoms with Crippen LogP contribution in [0.3, 0.4) is 0 Å². The molecule has 0 aliphatic rings. The zero-order valence-electron chi connectivity index (χ0n) is 8.36. The normalized spacial score (nSPS) is 10.2. The second-order valence-corrected chi connectivity index (χ2v) is 4.37.